The van der Waals surface area contributed by atoms with Crippen LogP contribution in [0.4, 0.5) is 18.9 Å². The minimum Gasteiger partial charge on any atom is -0.369 e. The van der Waals surface area contributed by atoms with Gasteiger partial charge in [0.25, 0.3) is 0 Å². The molecule has 1 atom stereocenters. The Morgan fingerprint density at radius 1 is 1.38 bits per heavy atom. The Hall–Kier alpha value is -1.75. The first-order valence-electron chi connectivity index (χ1n) is 6.23. The van der Waals surface area contributed by atoms with Crippen molar-refractivity contribution in [3.05, 3.63) is 29.3 Å². The highest BCUT2D eigenvalue weighted by molar-refractivity contribution is 7.92. The van der Waals surface area contributed by atoms with Crippen LogP contribution in [-0.2, 0) is 16.0 Å². The average Bonchev–Trinajstić information content (AvgIpc) is 2.40. The molecule has 0 bridgehead atoms. The van der Waals surface area contributed by atoms with Gasteiger partial charge in [-0.15, -0.1) is 0 Å². The highest BCUT2D eigenvalue weighted by Gasteiger charge is 2.37. The molecule has 2 rings (SSSR count). The number of hydrogen-bond donors (Lipinski definition) is 0. The first-order valence-corrected chi connectivity index (χ1v) is 7.94. The lowest BCUT2D eigenvalue weighted by Crippen LogP contribution is -2.46. The Bertz CT molecular complexity index is 692. The minimum atomic E-state index is -4.60. The van der Waals surface area contributed by atoms with Crippen molar-refractivity contribution in [2.75, 3.05) is 23.7 Å². The van der Waals surface area contributed by atoms with Crippen molar-refractivity contribution in [2.24, 2.45) is 0 Å². The largest absolute Gasteiger partial charge is 0.418 e. The third-order valence-electron chi connectivity index (χ3n) is 3.51. The van der Waals surface area contributed by atoms with Crippen molar-refractivity contribution in [1.82, 2.24) is 0 Å². The van der Waals surface area contributed by atoms with Crippen LogP contribution in [0, 0.1) is 11.3 Å². The predicted octanol–water partition coefficient (Wildman–Crippen LogP) is 2.20. The highest BCUT2D eigenvalue weighted by atomic mass is 32.2. The molecule has 0 N–H and O–H groups in total. The summed E-state index contributed by atoms with van der Waals surface area (Å²) in [6, 6.07) is 5.00. The summed E-state index contributed by atoms with van der Waals surface area (Å²) >= 11 is 0. The number of benzene rings is 1. The molecule has 0 saturated carbocycles. The lowest BCUT2D eigenvalue weighted by atomic mass is 10.1. The summed E-state index contributed by atoms with van der Waals surface area (Å²) in [5, 5.41) is 8.01. The average molecular weight is 318 g/mol. The summed E-state index contributed by atoms with van der Waals surface area (Å²) < 4.78 is 62.6. The summed E-state index contributed by atoms with van der Waals surface area (Å²) in [6.07, 6.45) is -4.60. The van der Waals surface area contributed by atoms with E-state index in [4.69, 9.17) is 5.26 Å². The molecule has 114 valence electrons. The van der Waals surface area contributed by atoms with Gasteiger partial charge in [-0.3, -0.25) is 0 Å². The number of halogens is 3. The topological polar surface area (TPSA) is 61.2 Å². The molecule has 1 unspecified atom stereocenters. The molecule has 0 radical (unpaired) electrons. The lowest BCUT2D eigenvalue weighted by molar-refractivity contribution is -0.137. The van der Waals surface area contributed by atoms with E-state index in [9.17, 15) is 21.6 Å². The van der Waals surface area contributed by atoms with Gasteiger partial charge < -0.3 is 4.90 Å². The van der Waals surface area contributed by atoms with E-state index in [2.05, 4.69) is 0 Å². The molecule has 1 aromatic rings. The maximum absolute atomic E-state index is 13.1. The van der Waals surface area contributed by atoms with Gasteiger partial charge in [0, 0.05) is 18.8 Å². The SMILES string of the molecule is CC1CN(c2ccc(C#N)cc2C(F)(F)F)CCS1(=O)=O. The number of hydrogen-bond acceptors (Lipinski definition) is 4. The van der Waals surface area contributed by atoms with Gasteiger partial charge in [0.15, 0.2) is 9.84 Å². The molecule has 21 heavy (non-hydrogen) atoms. The van der Waals surface area contributed by atoms with E-state index >= 15 is 0 Å². The van der Waals surface area contributed by atoms with Gasteiger partial charge in [0.05, 0.1) is 28.2 Å². The Morgan fingerprint density at radius 2 is 2.05 bits per heavy atom. The Kier molecular flexibility index (Phi) is 3.89. The van der Waals surface area contributed by atoms with Gasteiger partial charge in [-0.1, -0.05) is 0 Å². The normalized spacial score (nSPS) is 21.9. The molecule has 1 fully saturated rings. The van der Waals surface area contributed by atoms with Crippen LogP contribution in [0.2, 0.25) is 0 Å². The van der Waals surface area contributed by atoms with Crippen molar-refractivity contribution >= 4 is 15.5 Å². The van der Waals surface area contributed by atoms with Gasteiger partial charge in [0.1, 0.15) is 0 Å². The molecule has 4 nitrogen and oxygen atoms in total. The summed E-state index contributed by atoms with van der Waals surface area (Å²) in [4.78, 5) is 1.41. The molecule has 8 heteroatoms. The molecule has 1 saturated heterocycles. The first-order chi connectivity index (χ1) is 9.65. The Balaban J connectivity index is 2.43. The van der Waals surface area contributed by atoms with Crippen LogP contribution in [0.5, 0.6) is 0 Å². The number of nitriles is 1. The summed E-state index contributed by atoms with van der Waals surface area (Å²) in [5.74, 6) is -0.175. The van der Waals surface area contributed by atoms with E-state index in [1.54, 1.807) is 6.07 Å². The van der Waals surface area contributed by atoms with Crippen LogP contribution in [0.1, 0.15) is 18.1 Å². The zero-order valence-electron chi connectivity index (χ0n) is 11.2. The van der Waals surface area contributed by atoms with Crippen LogP contribution in [0.25, 0.3) is 0 Å². The van der Waals surface area contributed by atoms with E-state index in [1.807, 2.05) is 0 Å². The van der Waals surface area contributed by atoms with Crippen molar-refractivity contribution in [2.45, 2.75) is 18.3 Å². The van der Waals surface area contributed by atoms with Crippen LogP contribution < -0.4 is 4.90 Å². The molecule has 1 aliphatic rings. The fraction of sp³-hybridized carbons (Fsp3) is 0.462. The number of anilines is 1. The monoisotopic (exact) mass is 318 g/mol. The van der Waals surface area contributed by atoms with Crippen molar-refractivity contribution in [3.63, 3.8) is 0 Å². The molecule has 1 aliphatic heterocycles. The van der Waals surface area contributed by atoms with E-state index in [-0.39, 0.29) is 30.1 Å². The third kappa shape index (κ3) is 3.13. The van der Waals surface area contributed by atoms with Gasteiger partial charge in [-0.25, -0.2) is 8.42 Å². The third-order valence-corrected chi connectivity index (χ3v) is 5.63. The molecular weight excluding hydrogens is 305 g/mol. The fourth-order valence-electron chi connectivity index (χ4n) is 2.28. The summed E-state index contributed by atoms with van der Waals surface area (Å²) in [7, 11) is -3.24. The van der Waals surface area contributed by atoms with Gasteiger partial charge in [-0.05, 0) is 25.1 Å². The summed E-state index contributed by atoms with van der Waals surface area (Å²) in [5.41, 5.74) is -1.07. The molecule has 0 spiro atoms. The lowest BCUT2D eigenvalue weighted by Gasteiger charge is -2.34. The maximum atomic E-state index is 13.1. The van der Waals surface area contributed by atoms with Crippen LogP contribution in [-0.4, -0.2) is 32.5 Å². The summed E-state index contributed by atoms with van der Waals surface area (Å²) in [6.45, 7) is 1.51. The Labute approximate surface area is 120 Å². The second kappa shape index (κ2) is 5.22. The van der Waals surface area contributed by atoms with Gasteiger partial charge in [-0.2, -0.15) is 18.4 Å². The first kappa shape index (κ1) is 15.6. The van der Waals surface area contributed by atoms with E-state index < -0.39 is 26.8 Å². The number of alkyl halides is 3. The Morgan fingerprint density at radius 3 is 2.57 bits per heavy atom. The minimum absolute atomic E-state index is 0.0112. The molecular formula is C13H13F3N2O2S. The second-order valence-electron chi connectivity index (χ2n) is 4.97. The number of nitrogens with zero attached hydrogens (tertiary/aromatic N) is 2. The fourth-order valence-corrected chi connectivity index (χ4v) is 3.57. The second-order valence-corrected chi connectivity index (χ2v) is 7.50. The zero-order valence-corrected chi connectivity index (χ0v) is 12.0. The molecule has 0 amide bonds. The molecule has 0 aliphatic carbocycles. The quantitative estimate of drug-likeness (QED) is 0.796. The molecule has 1 heterocycles. The van der Waals surface area contributed by atoms with Crippen molar-refractivity contribution in [1.29, 1.82) is 5.26 Å². The van der Waals surface area contributed by atoms with Crippen LogP contribution in [0.3, 0.4) is 0 Å². The standard InChI is InChI=1S/C13H13F3N2O2S/c1-9-8-18(4-5-21(9,19)20)12-3-2-10(7-17)6-11(12)13(14,15)16/h2-3,6,9H,4-5,8H2,1H3. The molecule has 1 aromatic carbocycles. The maximum Gasteiger partial charge on any atom is 0.418 e. The predicted molar refractivity (Wildman–Crippen MR) is 71.6 cm³/mol. The smallest absolute Gasteiger partial charge is 0.369 e. The highest BCUT2D eigenvalue weighted by Crippen LogP contribution is 2.38. The number of rotatable bonds is 1. The number of sulfone groups is 1. The zero-order chi connectivity index (χ0) is 15.8. The van der Waals surface area contributed by atoms with Gasteiger partial charge in [0.2, 0.25) is 0 Å². The van der Waals surface area contributed by atoms with Gasteiger partial charge >= 0.3 is 6.18 Å². The van der Waals surface area contributed by atoms with E-state index in [0.29, 0.717) is 0 Å². The van der Waals surface area contributed by atoms with E-state index in [1.165, 1.54) is 24.0 Å². The van der Waals surface area contributed by atoms with E-state index in [0.717, 1.165) is 6.07 Å². The van der Waals surface area contributed by atoms with Crippen molar-refractivity contribution in [3.8, 4) is 6.07 Å². The molecule has 0 aromatic heterocycles. The van der Waals surface area contributed by atoms with Crippen molar-refractivity contribution < 1.29 is 21.6 Å². The van der Waals surface area contributed by atoms with Crippen LogP contribution in [0.15, 0.2) is 18.2 Å². The van der Waals surface area contributed by atoms with Crippen LogP contribution >= 0.6 is 0 Å².